The van der Waals surface area contributed by atoms with Crippen LogP contribution >= 0.6 is 0 Å². The first-order valence-electron chi connectivity index (χ1n) is 5.81. The highest BCUT2D eigenvalue weighted by molar-refractivity contribution is 5.37. The van der Waals surface area contributed by atoms with Crippen molar-refractivity contribution in [1.82, 2.24) is 15.0 Å². The maximum Gasteiger partial charge on any atom is 0.222 e. The minimum absolute atomic E-state index is 0.616. The summed E-state index contributed by atoms with van der Waals surface area (Å²) < 4.78 is 0. The minimum Gasteiger partial charge on any atom is -0.363 e. The fourth-order valence-electron chi connectivity index (χ4n) is 1.47. The first-order valence-corrected chi connectivity index (χ1v) is 5.81. The van der Waals surface area contributed by atoms with Crippen molar-refractivity contribution in [1.29, 1.82) is 0 Å². The lowest BCUT2D eigenvalue weighted by Gasteiger charge is -2.12. The van der Waals surface area contributed by atoms with Gasteiger partial charge in [0.25, 0.3) is 0 Å². The van der Waals surface area contributed by atoms with Crippen molar-refractivity contribution in [2.75, 3.05) is 24.3 Å². The lowest BCUT2D eigenvalue weighted by atomic mass is 10.3. The first-order chi connectivity index (χ1) is 8.65. The Balaban J connectivity index is 2.01. The molecule has 1 N–H and O–H groups in total. The number of nitrogens with one attached hydrogen (secondary N) is 1. The summed E-state index contributed by atoms with van der Waals surface area (Å²) in [6, 6.07) is 5.95. The molecule has 0 aromatic carbocycles. The zero-order valence-corrected chi connectivity index (χ0v) is 10.9. The average Bonchev–Trinajstić information content (AvgIpc) is 2.38. The molecule has 18 heavy (non-hydrogen) atoms. The zero-order chi connectivity index (χ0) is 13.0. The molecule has 0 atom stereocenters. The van der Waals surface area contributed by atoms with Crippen LogP contribution in [0, 0.1) is 6.92 Å². The van der Waals surface area contributed by atoms with E-state index in [1.807, 2.05) is 44.1 Å². The highest BCUT2D eigenvalue weighted by atomic mass is 15.1. The Bertz CT molecular complexity index is 507. The van der Waals surface area contributed by atoms with E-state index in [0.717, 1.165) is 17.1 Å². The summed E-state index contributed by atoms with van der Waals surface area (Å²) in [5.41, 5.74) is 2.01. The molecule has 0 spiro atoms. The number of nitrogens with zero attached hydrogens (tertiary/aromatic N) is 4. The maximum atomic E-state index is 4.51. The molecular weight excluding hydrogens is 226 g/mol. The van der Waals surface area contributed by atoms with Gasteiger partial charge >= 0.3 is 0 Å². The molecule has 2 heterocycles. The van der Waals surface area contributed by atoms with Gasteiger partial charge in [-0.15, -0.1) is 0 Å². The van der Waals surface area contributed by atoms with Crippen LogP contribution in [0.2, 0.25) is 0 Å². The second-order valence-electron chi connectivity index (χ2n) is 4.32. The van der Waals surface area contributed by atoms with Gasteiger partial charge in [-0.25, -0.2) is 15.0 Å². The standard InChI is InChI=1S/C13H17N5/c1-10-7-14-13(15-8-10)16-9-11-5-4-6-12(17-11)18(2)3/h4-8H,9H2,1-3H3,(H,14,15,16). The third kappa shape index (κ3) is 3.16. The third-order valence-electron chi connectivity index (χ3n) is 2.46. The molecule has 0 aliphatic heterocycles. The molecule has 0 aliphatic carbocycles. The van der Waals surface area contributed by atoms with E-state index in [-0.39, 0.29) is 0 Å². The average molecular weight is 243 g/mol. The van der Waals surface area contributed by atoms with Crippen LogP contribution in [0.3, 0.4) is 0 Å². The summed E-state index contributed by atoms with van der Waals surface area (Å²) in [4.78, 5) is 14.9. The van der Waals surface area contributed by atoms with Gasteiger partial charge in [-0.2, -0.15) is 0 Å². The fraction of sp³-hybridized carbons (Fsp3) is 0.308. The zero-order valence-electron chi connectivity index (χ0n) is 10.9. The van der Waals surface area contributed by atoms with Gasteiger partial charge < -0.3 is 10.2 Å². The predicted octanol–water partition coefficient (Wildman–Crippen LogP) is 1.86. The Morgan fingerprint density at radius 2 is 1.89 bits per heavy atom. The summed E-state index contributed by atoms with van der Waals surface area (Å²) in [5, 5.41) is 3.15. The molecule has 0 saturated heterocycles. The molecule has 0 unspecified atom stereocenters. The predicted molar refractivity (Wildman–Crippen MR) is 72.7 cm³/mol. The van der Waals surface area contributed by atoms with E-state index in [1.165, 1.54) is 0 Å². The number of hydrogen-bond donors (Lipinski definition) is 1. The molecule has 0 fully saturated rings. The van der Waals surface area contributed by atoms with E-state index in [4.69, 9.17) is 0 Å². The maximum absolute atomic E-state index is 4.51. The van der Waals surface area contributed by atoms with E-state index in [9.17, 15) is 0 Å². The molecule has 0 aliphatic rings. The van der Waals surface area contributed by atoms with Gasteiger partial charge in [0.2, 0.25) is 5.95 Å². The first kappa shape index (κ1) is 12.3. The lowest BCUT2D eigenvalue weighted by molar-refractivity contribution is 0.971. The molecule has 2 rings (SSSR count). The largest absolute Gasteiger partial charge is 0.363 e. The summed E-state index contributed by atoms with van der Waals surface area (Å²) >= 11 is 0. The van der Waals surface area contributed by atoms with Crippen LogP contribution in [-0.2, 0) is 6.54 Å². The second kappa shape index (κ2) is 5.44. The van der Waals surface area contributed by atoms with Crippen LogP contribution in [-0.4, -0.2) is 29.0 Å². The van der Waals surface area contributed by atoms with Crippen LogP contribution in [0.4, 0.5) is 11.8 Å². The molecular formula is C13H17N5. The number of aromatic nitrogens is 3. The van der Waals surface area contributed by atoms with Gasteiger partial charge in [0.1, 0.15) is 5.82 Å². The Kier molecular flexibility index (Phi) is 3.72. The number of aryl methyl sites for hydroxylation is 1. The van der Waals surface area contributed by atoms with Crippen molar-refractivity contribution in [2.45, 2.75) is 13.5 Å². The monoisotopic (exact) mass is 243 g/mol. The topological polar surface area (TPSA) is 53.9 Å². The third-order valence-corrected chi connectivity index (χ3v) is 2.46. The normalized spacial score (nSPS) is 10.2. The Morgan fingerprint density at radius 3 is 2.56 bits per heavy atom. The van der Waals surface area contributed by atoms with Gasteiger partial charge in [-0.05, 0) is 24.6 Å². The van der Waals surface area contributed by atoms with Crippen molar-refractivity contribution in [3.63, 3.8) is 0 Å². The Labute approximate surface area is 107 Å². The fourth-order valence-corrected chi connectivity index (χ4v) is 1.47. The van der Waals surface area contributed by atoms with Gasteiger partial charge in [0.05, 0.1) is 12.2 Å². The molecule has 2 aromatic heterocycles. The van der Waals surface area contributed by atoms with Gasteiger partial charge in [-0.1, -0.05) is 6.07 Å². The summed E-state index contributed by atoms with van der Waals surface area (Å²) in [5.74, 6) is 1.57. The quantitative estimate of drug-likeness (QED) is 0.888. The van der Waals surface area contributed by atoms with E-state index in [1.54, 1.807) is 12.4 Å². The Morgan fingerprint density at radius 1 is 1.17 bits per heavy atom. The van der Waals surface area contributed by atoms with Crippen LogP contribution in [0.15, 0.2) is 30.6 Å². The van der Waals surface area contributed by atoms with E-state index in [0.29, 0.717) is 12.5 Å². The Hall–Kier alpha value is -2.17. The second-order valence-corrected chi connectivity index (χ2v) is 4.32. The summed E-state index contributed by atoms with van der Waals surface area (Å²) in [6.07, 6.45) is 3.58. The highest BCUT2D eigenvalue weighted by Gasteiger charge is 2.00. The molecule has 94 valence electrons. The van der Waals surface area contributed by atoms with Gasteiger partial charge in [-0.3, -0.25) is 0 Å². The smallest absolute Gasteiger partial charge is 0.222 e. The number of anilines is 2. The van der Waals surface area contributed by atoms with E-state index in [2.05, 4.69) is 20.3 Å². The van der Waals surface area contributed by atoms with E-state index < -0.39 is 0 Å². The highest BCUT2D eigenvalue weighted by Crippen LogP contribution is 2.09. The molecule has 2 aromatic rings. The minimum atomic E-state index is 0.616. The molecule has 5 nitrogen and oxygen atoms in total. The SMILES string of the molecule is Cc1cnc(NCc2cccc(N(C)C)n2)nc1. The molecule has 0 radical (unpaired) electrons. The number of pyridine rings is 1. The molecule has 0 bridgehead atoms. The summed E-state index contributed by atoms with van der Waals surface area (Å²) in [6.45, 7) is 2.58. The van der Waals surface area contributed by atoms with E-state index >= 15 is 0 Å². The summed E-state index contributed by atoms with van der Waals surface area (Å²) in [7, 11) is 3.95. The molecule has 0 amide bonds. The van der Waals surface area contributed by atoms with Crippen LogP contribution in [0.25, 0.3) is 0 Å². The van der Waals surface area contributed by atoms with Crippen molar-refractivity contribution in [3.8, 4) is 0 Å². The molecule has 5 heteroatoms. The van der Waals surface area contributed by atoms with Crippen LogP contribution in [0.5, 0.6) is 0 Å². The lowest BCUT2D eigenvalue weighted by Crippen LogP contribution is -2.12. The van der Waals surface area contributed by atoms with Crippen molar-refractivity contribution >= 4 is 11.8 Å². The van der Waals surface area contributed by atoms with Crippen molar-refractivity contribution in [2.24, 2.45) is 0 Å². The number of rotatable bonds is 4. The van der Waals surface area contributed by atoms with Crippen LogP contribution in [0.1, 0.15) is 11.3 Å². The molecule has 0 saturated carbocycles. The van der Waals surface area contributed by atoms with Gasteiger partial charge in [0.15, 0.2) is 0 Å². The van der Waals surface area contributed by atoms with Crippen molar-refractivity contribution in [3.05, 3.63) is 41.9 Å². The van der Waals surface area contributed by atoms with Crippen LogP contribution < -0.4 is 10.2 Å². The number of hydrogen-bond acceptors (Lipinski definition) is 5. The van der Waals surface area contributed by atoms with Gasteiger partial charge in [0, 0.05) is 26.5 Å². The van der Waals surface area contributed by atoms with Crippen molar-refractivity contribution < 1.29 is 0 Å².